The molecule has 6 nitrogen and oxygen atoms in total. The van der Waals surface area contributed by atoms with E-state index in [1.165, 1.54) is 6.07 Å². The average Bonchev–Trinajstić information content (AvgIpc) is 3.14. The number of benzene rings is 2. The summed E-state index contributed by atoms with van der Waals surface area (Å²) in [6.07, 6.45) is 2.05. The van der Waals surface area contributed by atoms with Gasteiger partial charge >= 0.3 is 5.97 Å². The van der Waals surface area contributed by atoms with Crippen molar-refractivity contribution in [1.29, 1.82) is 0 Å². The van der Waals surface area contributed by atoms with Crippen molar-refractivity contribution >= 4 is 17.3 Å². The van der Waals surface area contributed by atoms with Gasteiger partial charge < -0.3 is 9.64 Å². The fraction of sp³-hybridized carbons (Fsp3) is 0.278. The predicted molar refractivity (Wildman–Crippen MR) is 90.1 cm³/mol. The number of nitro benzene ring substituents is 1. The first-order valence-corrected chi connectivity index (χ1v) is 7.89. The van der Waals surface area contributed by atoms with Gasteiger partial charge in [-0.05, 0) is 30.5 Å². The Morgan fingerprint density at radius 1 is 1.12 bits per heavy atom. The topological polar surface area (TPSA) is 72.7 Å². The van der Waals surface area contributed by atoms with Gasteiger partial charge in [-0.2, -0.15) is 0 Å². The van der Waals surface area contributed by atoms with E-state index in [0.29, 0.717) is 5.69 Å². The Hall–Kier alpha value is -2.89. The molecule has 0 amide bonds. The molecule has 0 unspecified atom stereocenters. The maximum Gasteiger partial charge on any atom is 0.338 e. The third-order valence-corrected chi connectivity index (χ3v) is 4.07. The molecule has 0 N–H and O–H groups in total. The van der Waals surface area contributed by atoms with Crippen LogP contribution in [0.2, 0.25) is 0 Å². The molecule has 1 saturated heterocycles. The number of hydrogen-bond donors (Lipinski definition) is 0. The number of ether oxygens (including phenoxy) is 1. The first-order valence-electron chi connectivity index (χ1n) is 7.89. The minimum atomic E-state index is -0.560. The molecule has 1 fully saturated rings. The molecule has 124 valence electrons. The van der Waals surface area contributed by atoms with Crippen LogP contribution in [-0.2, 0) is 11.3 Å². The molecule has 0 atom stereocenters. The third kappa shape index (κ3) is 3.53. The molecule has 0 saturated carbocycles. The van der Waals surface area contributed by atoms with E-state index in [1.807, 2.05) is 35.2 Å². The number of rotatable bonds is 5. The smallest absolute Gasteiger partial charge is 0.338 e. The fourth-order valence-electron chi connectivity index (χ4n) is 2.83. The average molecular weight is 326 g/mol. The molecule has 1 heterocycles. The van der Waals surface area contributed by atoms with Crippen molar-refractivity contribution in [3.8, 4) is 0 Å². The maximum absolute atomic E-state index is 12.2. The van der Waals surface area contributed by atoms with Crippen molar-refractivity contribution in [3.05, 3.63) is 69.8 Å². The molecule has 2 aromatic rings. The lowest BCUT2D eigenvalue weighted by molar-refractivity contribution is -0.384. The standard InChI is InChI=1S/C18H18N2O4/c21-18(24-13-14-6-2-1-3-7-14)15-8-9-16(17(12-15)20(22)23)19-10-4-5-11-19/h1-3,6-9,12H,4-5,10-11,13H2. The predicted octanol–water partition coefficient (Wildman–Crippen LogP) is 3.55. The van der Waals surface area contributed by atoms with E-state index in [4.69, 9.17) is 4.74 Å². The number of anilines is 1. The Morgan fingerprint density at radius 2 is 1.83 bits per heavy atom. The minimum Gasteiger partial charge on any atom is -0.457 e. The highest BCUT2D eigenvalue weighted by Crippen LogP contribution is 2.31. The number of nitro groups is 1. The van der Waals surface area contributed by atoms with Crippen molar-refractivity contribution < 1.29 is 14.5 Å². The Labute approximate surface area is 139 Å². The van der Waals surface area contributed by atoms with Gasteiger partial charge in [0.15, 0.2) is 0 Å². The summed E-state index contributed by atoms with van der Waals surface area (Å²) in [5, 5.41) is 11.4. The number of carbonyl (C=O) groups excluding carboxylic acids is 1. The molecule has 1 aliphatic rings. The molecule has 1 aliphatic heterocycles. The number of hydrogen-bond acceptors (Lipinski definition) is 5. The molecule has 0 bridgehead atoms. The van der Waals surface area contributed by atoms with E-state index in [-0.39, 0.29) is 17.9 Å². The quantitative estimate of drug-likeness (QED) is 0.477. The highest BCUT2D eigenvalue weighted by molar-refractivity contribution is 5.91. The van der Waals surface area contributed by atoms with Gasteiger partial charge in [0.05, 0.1) is 10.5 Å². The van der Waals surface area contributed by atoms with Gasteiger partial charge in [-0.1, -0.05) is 30.3 Å². The lowest BCUT2D eigenvalue weighted by Gasteiger charge is -2.17. The second kappa shape index (κ2) is 7.12. The highest BCUT2D eigenvalue weighted by Gasteiger charge is 2.24. The van der Waals surface area contributed by atoms with Crippen LogP contribution in [0, 0.1) is 10.1 Å². The Kier molecular flexibility index (Phi) is 4.74. The van der Waals surface area contributed by atoms with E-state index in [0.717, 1.165) is 31.5 Å². The van der Waals surface area contributed by atoms with Crippen molar-refractivity contribution in [1.82, 2.24) is 0 Å². The van der Waals surface area contributed by atoms with Crippen LogP contribution in [-0.4, -0.2) is 24.0 Å². The number of nitrogens with zero attached hydrogens (tertiary/aromatic N) is 2. The maximum atomic E-state index is 12.2. The van der Waals surface area contributed by atoms with Crippen LogP contribution < -0.4 is 4.90 Å². The van der Waals surface area contributed by atoms with Crippen LogP contribution in [0.25, 0.3) is 0 Å². The van der Waals surface area contributed by atoms with Gasteiger partial charge in [0.1, 0.15) is 12.3 Å². The van der Waals surface area contributed by atoms with Gasteiger partial charge in [0.25, 0.3) is 5.69 Å². The minimum absolute atomic E-state index is 0.0499. The van der Waals surface area contributed by atoms with Gasteiger partial charge in [-0.15, -0.1) is 0 Å². The van der Waals surface area contributed by atoms with E-state index >= 15 is 0 Å². The van der Waals surface area contributed by atoms with Crippen LogP contribution >= 0.6 is 0 Å². The van der Waals surface area contributed by atoms with E-state index in [1.54, 1.807) is 12.1 Å². The van der Waals surface area contributed by atoms with Crippen LogP contribution in [0.15, 0.2) is 48.5 Å². The normalized spacial score (nSPS) is 13.8. The monoisotopic (exact) mass is 326 g/mol. The number of esters is 1. The molecule has 0 aliphatic carbocycles. The fourth-order valence-corrected chi connectivity index (χ4v) is 2.83. The van der Waals surface area contributed by atoms with Gasteiger partial charge in [0, 0.05) is 19.2 Å². The van der Waals surface area contributed by atoms with Gasteiger partial charge in [-0.3, -0.25) is 10.1 Å². The van der Waals surface area contributed by atoms with Crippen LogP contribution in [0.3, 0.4) is 0 Å². The Balaban J connectivity index is 1.76. The van der Waals surface area contributed by atoms with Crippen molar-refractivity contribution in [2.45, 2.75) is 19.4 Å². The molecule has 3 rings (SSSR count). The summed E-state index contributed by atoms with van der Waals surface area (Å²) in [6.45, 7) is 1.75. The molecule has 0 spiro atoms. The molecule has 6 heteroatoms. The van der Waals surface area contributed by atoms with Gasteiger partial charge in [-0.25, -0.2) is 4.79 Å². The zero-order valence-corrected chi connectivity index (χ0v) is 13.2. The van der Waals surface area contributed by atoms with Crippen LogP contribution in [0.5, 0.6) is 0 Å². The van der Waals surface area contributed by atoms with E-state index in [2.05, 4.69) is 0 Å². The SMILES string of the molecule is O=C(OCc1ccccc1)c1ccc(N2CCCC2)c([N+](=O)[O-])c1. The summed E-state index contributed by atoms with van der Waals surface area (Å²) >= 11 is 0. The van der Waals surface area contributed by atoms with Crippen LogP contribution in [0.4, 0.5) is 11.4 Å². The van der Waals surface area contributed by atoms with E-state index < -0.39 is 10.9 Å². The summed E-state index contributed by atoms with van der Waals surface area (Å²) in [4.78, 5) is 25.1. The highest BCUT2D eigenvalue weighted by atomic mass is 16.6. The molecule has 0 aromatic heterocycles. The summed E-state index contributed by atoms with van der Waals surface area (Å²) in [5.74, 6) is -0.560. The molecular weight excluding hydrogens is 308 g/mol. The molecular formula is C18H18N2O4. The van der Waals surface area contributed by atoms with Crippen molar-refractivity contribution in [3.63, 3.8) is 0 Å². The molecule has 2 aromatic carbocycles. The largest absolute Gasteiger partial charge is 0.457 e. The van der Waals surface area contributed by atoms with Crippen LogP contribution in [0.1, 0.15) is 28.8 Å². The Morgan fingerprint density at radius 3 is 2.50 bits per heavy atom. The third-order valence-electron chi connectivity index (χ3n) is 4.07. The second-order valence-corrected chi connectivity index (χ2v) is 5.72. The Bertz CT molecular complexity index is 740. The zero-order chi connectivity index (χ0) is 16.9. The first kappa shape index (κ1) is 16.0. The van der Waals surface area contributed by atoms with E-state index in [9.17, 15) is 14.9 Å². The second-order valence-electron chi connectivity index (χ2n) is 5.72. The first-order chi connectivity index (χ1) is 11.6. The summed E-state index contributed by atoms with van der Waals surface area (Å²) in [7, 11) is 0. The molecule has 0 radical (unpaired) electrons. The summed E-state index contributed by atoms with van der Waals surface area (Å²) in [6, 6.07) is 13.8. The van der Waals surface area contributed by atoms with Crippen molar-refractivity contribution in [2.24, 2.45) is 0 Å². The molecule has 24 heavy (non-hydrogen) atoms. The van der Waals surface area contributed by atoms with Crippen molar-refractivity contribution in [2.75, 3.05) is 18.0 Å². The summed E-state index contributed by atoms with van der Waals surface area (Å²) in [5.41, 5.74) is 1.58. The zero-order valence-electron chi connectivity index (χ0n) is 13.2. The summed E-state index contributed by atoms with van der Waals surface area (Å²) < 4.78 is 5.24. The number of carbonyl (C=O) groups is 1. The lowest BCUT2D eigenvalue weighted by Crippen LogP contribution is -2.19. The van der Waals surface area contributed by atoms with Gasteiger partial charge in [0.2, 0.25) is 0 Å². The lowest BCUT2D eigenvalue weighted by atomic mass is 10.1.